The van der Waals surface area contributed by atoms with Gasteiger partial charge in [0, 0.05) is 72.0 Å². The normalized spacial score (nSPS) is 12.1. The van der Waals surface area contributed by atoms with Gasteiger partial charge in [-0.15, -0.1) is 0 Å². The molecule has 6 aromatic rings. The Kier molecular flexibility index (Phi) is 11.9. The molecule has 0 fully saturated rings. The van der Waals surface area contributed by atoms with Crippen LogP contribution in [0.25, 0.3) is 44.3 Å². The third-order valence-corrected chi connectivity index (χ3v) is 10.6. The molecule has 0 aliphatic carbocycles. The lowest BCUT2D eigenvalue weighted by Crippen LogP contribution is -2.43. The molecule has 0 amide bonds. The molecule has 0 bridgehead atoms. The molecule has 2 aromatic heterocycles. The number of fused-ring (bicyclic) bond motifs is 2. The molecule has 0 radical (unpaired) electrons. The average Bonchev–Trinajstić information content (AvgIpc) is 3.66. The lowest BCUT2D eigenvalue weighted by atomic mass is 9.92. The lowest BCUT2D eigenvalue weighted by Gasteiger charge is -2.36. The lowest BCUT2D eigenvalue weighted by molar-refractivity contribution is -0.163. The molecular formula is C49H58N2O5. The second-order valence-electron chi connectivity index (χ2n) is 16.3. The van der Waals surface area contributed by atoms with E-state index in [1.165, 1.54) is 50.8 Å². The van der Waals surface area contributed by atoms with E-state index in [4.69, 9.17) is 18.9 Å². The molecule has 7 nitrogen and oxygen atoms in total. The van der Waals surface area contributed by atoms with Crippen LogP contribution in [0.2, 0.25) is 0 Å². The van der Waals surface area contributed by atoms with Gasteiger partial charge in [-0.05, 0) is 102 Å². The highest BCUT2D eigenvalue weighted by Crippen LogP contribution is 2.35. The fourth-order valence-corrected chi connectivity index (χ4v) is 8.21. The number of carbonyl (C=O) groups excluding carboxylic acids is 1. The van der Waals surface area contributed by atoms with Crippen LogP contribution >= 0.6 is 0 Å². The number of carbonyl (C=O) groups is 1. The SMILES string of the molecule is C=CC(=O)OC(C)(C)CC(C)(C)OC(COc1ccc2cc(-c3ccc(C)cc3CC)n(C)c2c1)COc1ccc2cc(-c3ccc(C)cc3CC)n(C)c2c1. The summed E-state index contributed by atoms with van der Waals surface area (Å²) >= 11 is 0. The number of ether oxygens (including phenoxy) is 4. The van der Waals surface area contributed by atoms with Gasteiger partial charge >= 0.3 is 5.97 Å². The fraction of sp³-hybridized carbons (Fsp3) is 0.367. The second kappa shape index (κ2) is 16.4. The first-order valence-corrected chi connectivity index (χ1v) is 19.8. The monoisotopic (exact) mass is 754 g/mol. The largest absolute Gasteiger partial charge is 0.491 e. The Morgan fingerprint density at radius 2 is 1.14 bits per heavy atom. The molecule has 6 rings (SSSR count). The summed E-state index contributed by atoms with van der Waals surface area (Å²) in [5, 5.41) is 2.30. The Morgan fingerprint density at radius 3 is 1.57 bits per heavy atom. The van der Waals surface area contributed by atoms with Gasteiger partial charge in [-0.25, -0.2) is 4.79 Å². The van der Waals surface area contributed by atoms with E-state index in [2.05, 4.69) is 130 Å². The van der Waals surface area contributed by atoms with Crippen molar-refractivity contribution >= 4 is 27.8 Å². The number of esters is 1. The van der Waals surface area contributed by atoms with Crippen LogP contribution < -0.4 is 9.47 Å². The van der Waals surface area contributed by atoms with Gasteiger partial charge in [0.25, 0.3) is 0 Å². The molecule has 56 heavy (non-hydrogen) atoms. The average molecular weight is 755 g/mol. The van der Waals surface area contributed by atoms with E-state index in [9.17, 15) is 4.79 Å². The molecule has 0 saturated carbocycles. The zero-order chi connectivity index (χ0) is 40.4. The van der Waals surface area contributed by atoms with Crippen LogP contribution in [0, 0.1) is 13.8 Å². The van der Waals surface area contributed by atoms with Crippen LogP contribution in [0.3, 0.4) is 0 Å². The van der Waals surface area contributed by atoms with Crippen molar-refractivity contribution in [1.29, 1.82) is 0 Å². The molecule has 0 spiro atoms. The van der Waals surface area contributed by atoms with Gasteiger partial charge < -0.3 is 28.1 Å². The van der Waals surface area contributed by atoms with Crippen molar-refractivity contribution in [2.75, 3.05) is 13.2 Å². The zero-order valence-electron chi connectivity index (χ0n) is 34.9. The minimum absolute atomic E-state index is 0.251. The fourth-order valence-electron chi connectivity index (χ4n) is 8.21. The maximum Gasteiger partial charge on any atom is 0.330 e. The molecule has 4 aromatic carbocycles. The maximum absolute atomic E-state index is 12.1. The zero-order valence-corrected chi connectivity index (χ0v) is 34.9. The van der Waals surface area contributed by atoms with Gasteiger partial charge in [0.15, 0.2) is 0 Å². The van der Waals surface area contributed by atoms with E-state index in [-0.39, 0.29) is 13.2 Å². The summed E-state index contributed by atoms with van der Waals surface area (Å²) in [4.78, 5) is 12.1. The van der Waals surface area contributed by atoms with Crippen molar-refractivity contribution in [1.82, 2.24) is 9.13 Å². The van der Waals surface area contributed by atoms with E-state index < -0.39 is 23.3 Å². The number of nitrogens with zero attached hydrogens (tertiary/aromatic N) is 2. The summed E-state index contributed by atoms with van der Waals surface area (Å²) in [6, 6.07) is 30.3. The molecule has 7 heteroatoms. The maximum atomic E-state index is 12.1. The summed E-state index contributed by atoms with van der Waals surface area (Å²) in [6.45, 7) is 20.5. The van der Waals surface area contributed by atoms with E-state index in [0.717, 1.165) is 46.1 Å². The number of hydrogen-bond donors (Lipinski definition) is 0. The quantitative estimate of drug-likeness (QED) is 0.0727. The van der Waals surface area contributed by atoms with Crippen molar-refractivity contribution in [3.05, 3.63) is 120 Å². The van der Waals surface area contributed by atoms with Crippen molar-refractivity contribution in [3.63, 3.8) is 0 Å². The van der Waals surface area contributed by atoms with Crippen LogP contribution in [0.4, 0.5) is 0 Å². The molecular weight excluding hydrogens is 697 g/mol. The molecule has 0 saturated heterocycles. The summed E-state index contributed by atoms with van der Waals surface area (Å²) in [5.74, 6) is 1.03. The van der Waals surface area contributed by atoms with E-state index >= 15 is 0 Å². The Bertz CT molecular complexity index is 2230. The van der Waals surface area contributed by atoms with E-state index in [1.54, 1.807) is 0 Å². The van der Waals surface area contributed by atoms with Gasteiger partial charge in [0.05, 0.1) is 16.6 Å². The highest BCUT2D eigenvalue weighted by atomic mass is 16.6. The molecule has 0 unspecified atom stereocenters. The highest BCUT2D eigenvalue weighted by Gasteiger charge is 2.34. The predicted octanol–water partition coefficient (Wildman–Crippen LogP) is 11.3. The summed E-state index contributed by atoms with van der Waals surface area (Å²) < 4.78 is 29.9. The van der Waals surface area contributed by atoms with Gasteiger partial charge in [-0.2, -0.15) is 0 Å². The van der Waals surface area contributed by atoms with Crippen LogP contribution in [0.1, 0.15) is 70.2 Å². The van der Waals surface area contributed by atoms with Gasteiger partial charge in [0.1, 0.15) is 36.4 Å². The standard InChI is InChI=1S/C49H58N2O5/c1-12-34-23-32(4)15-21-41(34)45-25-36-17-19-38(27-43(36)50(45)10)53-29-40(55-48(6,7)31-49(8,9)56-47(52)14-3)30-54-39-20-18-37-26-46(51(11)44(37)28-39)42-22-16-33(5)24-35(42)13-2/h14-28,40H,3,12-13,29-31H2,1-2,4-11H3. The van der Waals surface area contributed by atoms with Crippen LogP contribution in [-0.4, -0.2) is 45.6 Å². The van der Waals surface area contributed by atoms with Crippen LogP contribution in [-0.2, 0) is 41.2 Å². The molecule has 0 atom stereocenters. The van der Waals surface area contributed by atoms with E-state index in [1.807, 2.05) is 39.8 Å². The second-order valence-corrected chi connectivity index (χ2v) is 16.3. The van der Waals surface area contributed by atoms with Gasteiger partial charge in [-0.3, -0.25) is 0 Å². The first-order chi connectivity index (χ1) is 26.6. The number of aryl methyl sites for hydroxylation is 6. The minimum atomic E-state index is -0.782. The summed E-state index contributed by atoms with van der Waals surface area (Å²) in [5.41, 5.74) is 10.8. The Balaban J connectivity index is 1.24. The Labute approximate surface area is 332 Å². The summed E-state index contributed by atoms with van der Waals surface area (Å²) in [6.07, 6.45) is 3.12. The van der Waals surface area contributed by atoms with Crippen LogP contribution in [0.15, 0.2) is 97.6 Å². The van der Waals surface area contributed by atoms with Crippen LogP contribution in [0.5, 0.6) is 11.5 Å². The van der Waals surface area contributed by atoms with Crippen molar-refractivity contribution in [2.24, 2.45) is 14.1 Å². The topological polar surface area (TPSA) is 63.9 Å². The van der Waals surface area contributed by atoms with Crippen molar-refractivity contribution < 1.29 is 23.7 Å². The molecule has 0 aliphatic rings. The van der Waals surface area contributed by atoms with Crippen molar-refractivity contribution in [2.45, 2.75) is 92.0 Å². The number of rotatable bonds is 16. The number of benzene rings is 4. The summed E-state index contributed by atoms with van der Waals surface area (Å²) in [7, 11) is 4.22. The number of hydrogen-bond acceptors (Lipinski definition) is 5. The van der Waals surface area contributed by atoms with Crippen molar-refractivity contribution in [3.8, 4) is 34.0 Å². The Morgan fingerprint density at radius 1 is 0.679 bits per heavy atom. The highest BCUT2D eigenvalue weighted by molar-refractivity contribution is 5.89. The molecule has 0 aliphatic heterocycles. The molecule has 2 heterocycles. The first kappa shape index (κ1) is 40.4. The Hall–Kier alpha value is -5.27. The minimum Gasteiger partial charge on any atom is -0.491 e. The first-order valence-electron chi connectivity index (χ1n) is 19.8. The van der Waals surface area contributed by atoms with Gasteiger partial charge in [-0.1, -0.05) is 68.0 Å². The molecule has 294 valence electrons. The third kappa shape index (κ3) is 9.05. The third-order valence-electron chi connectivity index (χ3n) is 10.6. The van der Waals surface area contributed by atoms with Gasteiger partial charge in [0.2, 0.25) is 0 Å². The smallest absolute Gasteiger partial charge is 0.330 e. The predicted molar refractivity (Wildman–Crippen MR) is 230 cm³/mol. The van der Waals surface area contributed by atoms with E-state index in [0.29, 0.717) is 6.42 Å². The number of aromatic nitrogens is 2. The molecule has 0 N–H and O–H groups in total.